The summed E-state index contributed by atoms with van der Waals surface area (Å²) in [5.74, 6) is 0.879. The van der Waals surface area contributed by atoms with Crippen molar-refractivity contribution >= 4 is 5.78 Å². The first-order valence-electron chi connectivity index (χ1n) is 7.19. The molecule has 20 heavy (non-hydrogen) atoms. The zero-order chi connectivity index (χ0) is 15.0. The van der Waals surface area contributed by atoms with Gasteiger partial charge in [-0.1, -0.05) is 0 Å². The Balaban J connectivity index is 2.63. The van der Waals surface area contributed by atoms with Gasteiger partial charge in [-0.2, -0.15) is 0 Å². The molecule has 1 aromatic rings. The average Bonchev–Trinajstić information content (AvgIpc) is 2.44. The molecule has 0 atom stereocenters. The second-order valence-corrected chi connectivity index (χ2v) is 5.02. The minimum Gasteiger partial charge on any atom is -0.494 e. The number of benzene rings is 1. The van der Waals surface area contributed by atoms with Crippen LogP contribution < -0.4 is 4.74 Å². The summed E-state index contributed by atoms with van der Waals surface area (Å²) in [6.07, 6.45) is 0.689. The molecule has 4 heteroatoms. The Morgan fingerprint density at radius 2 is 1.95 bits per heavy atom. The summed E-state index contributed by atoms with van der Waals surface area (Å²) in [4.78, 5) is 14.3. The van der Waals surface area contributed by atoms with E-state index >= 15 is 0 Å². The van der Waals surface area contributed by atoms with Gasteiger partial charge in [-0.15, -0.1) is 0 Å². The molecule has 0 saturated carbocycles. The highest BCUT2D eigenvalue weighted by Crippen LogP contribution is 2.13. The van der Waals surface area contributed by atoms with Gasteiger partial charge in [0.15, 0.2) is 5.78 Å². The molecular weight excluding hydrogens is 254 g/mol. The van der Waals surface area contributed by atoms with Crippen molar-refractivity contribution in [2.24, 2.45) is 0 Å². The Morgan fingerprint density at radius 3 is 2.45 bits per heavy atom. The molecule has 0 aliphatic rings. The summed E-state index contributed by atoms with van der Waals surface area (Å²) in [5.41, 5.74) is 0.697. The van der Waals surface area contributed by atoms with Gasteiger partial charge in [0.2, 0.25) is 0 Å². The number of carbonyl (C=O) groups excluding carboxylic acids is 1. The van der Waals surface area contributed by atoms with Crippen molar-refractivity contribution in [3.8, 4) is 5.75 Å². The van der Waals surface area contributed by atoms with Gasteiger partial charge in [-0.05, 0) is 51.5 Å². The molecule has 0 radical (unpaired) electrons. The van der Waals surface area contributed by atoms with Gasteiger partial charge in [0.25, 0.3) is 0 Å². The van der Waals surface area contributed by atoms with E-state index in [0.29, 0.717) is 25.1 Å². The summed E-state index contributed by atoms with van der Waals surface area (Å²) < 4.78 is 5.36. The van der Waals surface area contributed by atoms with Crippen LogP contribution in [0.2, 0.25) is 0 Å². The molecule has 0 spiro atoms. The Kier molecular flexibility index (Phi) is 7.26. The Bertz CT molecular complexity index is 401. The number of aliphatic hydroxyl groups excluding tert-OH is 1. The molecule has 0 unspecified atom stereocenters. The third-order valence-electron chi connectivity index (χ3n) is 3.17. The van der Waals surface area contributed by atoms with Crippen LogP contribution in [0.1, 0.15) is 37.6 Å². The van der Waals surface area contributed by atoms with E-state index in [9.17, 15) is 4.79 Å². The van der Waals surface area contributed by atoms with Gasteiger partial charge < -0.3 is 9.84 Å². The molecule has 0 fully saturated rings. The molecule has 0 saturated heterocycles. The quantitative estimate of drug-likeness (QED) is 0.705. The van der Waals surface area contributed by atoms with Crippen molar-refractivity contribution in [3.05, 3.63) is 29.8 Å². The molecule has 1 N–H and O–H groups in total. The predicted molar refractivity (Wildman–Crippen MR) is 80.4 cm³/mol. The maximum atomic E-state index is 12.2. The smallest absolute Gasteiger partial charge is 0.176 e. The van der Waals surface area contributed by atoms with Crippen LogP contribution in [0, 0.1) is 0 Å². The first-order valence-corrected chi connectivity index (χ1v) is 7.19. The van der Waals surface area contributed by atoms with Crippen molar-refractivity contribution in [1.29, 1.82) is 0 Å². The third kappa shape index (κ3) is 5.31. The van der Waals surface area contributed by atoms with Crippen LogP contribution in [0.15, 0.2) is 24.3 Å². The predicted octanol–water partition coefficient (Wildman–Crippen LogP) is 2.36. The zero-order valence-corrected chi connectivity index (χ0v) is 12.6. The Morgan fingerprint density at radius 1 is 1.30 bits per heavy atom. The van der Waals surface area contributed by atoms with Gasteiger partial charge in [0.05, 0.1) is 13.2 Å². The normalized spacial score (nSPS) is 11.1. The minimum absolute atomic E-state index is 0.0969. The van der Waals surface area contributed by atoms with Crippen LogP contribution in [0.3, 0.4) is 0 Å². The van der Waals surface area contributed by atoms with E-state index in [1.54, 1.807) is 12.1 Å². The number of carbonyl (C=O) groups is 1. The highest BCUT2D eigenvalue weighted by molar-refractivity contribution is 5.97. The number of hydrogen-bond acceptors (Lipinski definition) is 4. The number of hydrogen-bond donors (Lipinski definition) is 1. The van der Waals surface area contributed by atoms with E-state index in [4.69, 9.17) is 9.84 Å². The lowest BCUT2D eigenvalue weighted by Crippen LogP contribution is -2.36. The Hall–Kier alpha value is -1.39. The molecule has 4 nitrogen and oxygen atoms in total. The number of ketones is 1. The van der Waals surface area contributed by atoms with Gasteiger partial charge in [-0.25, -0.2) is 0 Å². The van der Waals surface area contributed by atoms with Crippen molar-refractivity contribution in [2.45, 2.75) is 33.2 Å². The maximum absolute atomic E-state index is 12.2. The summed E-state index contributed by atoms with van der Waals surface area (Å²) in [7, 11) is 0. The molecule has 0 bridgehead atoms. The fraction of sp³-hybridized carbons (Fsp3) is 0.562. The van der Waals surface area contributed by atoms with E-state index in [2.05, 4.69) is 18.7 Å². The van der Waals surface area contributed by atoms with Crippen molar-refractivity contribution in [1.82, 2.24) is 4.90 Å². The van der Waals surface area contributed by atoms with Gasteiger partial charge >= 0.3 is 0 Å². The second kappa shape index (κ2) is 8.72. The Labute approximate surface area is 121 Å². The number of ether oxygens (including phenoxy) is 1. The monoisotopic (exact) mass is 279 g/mol. The fourth-order valence-electron chi connectivity index (χ4n) is 1.97. The van der Waals surface area contributed by atoms with E-state index in [0.717, 1.165) is 12.3 Å². The lowest BCUT2D eigenvalue weighted by atomic mass is 10.1. The maximum Gasteiger partial charge on any atom is 0.176 e. The molecule has 0 amide bonds. The number of Topliss-reactive ketones (excluding diaryl/α,β-unsaturated/α-hetero) is 1. The number of aliphatic hydroxyl groups is 1. The fourth-order valence-corrected chi connectivity index (χ4v) is 1.97. The van der Waals surface area contributed by atoms with Crippen LogP contribution in [0.4, 0.5) is 0 Å². The lowest BCUT2D eigenvalue weighted by Gasteiger charge is -2.25. The molecule has 1 rings (SSSR count). The first kappa shape index (κ1) is 16.7. The second-order valence-electron chi connectivity index (χ2n) is 5.02. The van der Waals surface area contributed by atoms with Crippen LogP contribution in [-0.4, -0.2) is 48.1 Å². The summed E-state index contributed by atoms with van der Waals surface area (Å²) in [6, 6.07) is 7.54. The first-order chi connectivity index (χ1) is 9.58. The standard InChI is InChI=1S/C16H25NO3/c1-4-20-15-8-6-14(7-9-15)16(19)12-17(13(2)3)10-5-11-18/h6-9,13,18H,4-5,10-12H2,1-3H3. The molecule has 0 aromatic heterocycles. The zero-order valence-electron chi connectivity index (χ0n) is 12.6. The topological polar surface area (TPSA) is 49.8 Å². The molecule has 0 aliphatic carbocycles. The van der Waals surface area contributed by atoms with Crippen LogP contribution in [0.25, 0.3) is 0 Å². The van der Waals surface area contributed by atoms with E-state index in [1.807, 2.05) is 19.1 Å². The van der Waals surface area contributed by atoms with Crippen molar-refractivity contribution in [2.75, 3.05) is 26.3 Å². The third-order valence-corrected chi connectivity index (χ3v) is 3.17. The van der Waals surface area contributed by atoms with Crippen LogP contribution in [-0.2, 0) is 0 Å². The lowest BCUT2D eigenvalue weighted by molar-refractivity contribution is 0.0896. The van der Waals surface area contributed by atoms with Crippen molar-refractivity contribution in [3.63, 3.8) is 0 Å². The van der Waals surface area contributed by atoms with Crippen LogP contribution >= 0.6 is 0 Å². The SMILES string of the molecule is CCOc1ccc(C(=O)CN(CCCO)C(C)C)cc1. The van der Waals surface area contributed by atoms with E-state index in [1.165, 1.54) is 0 Å². The number of nitrogens with zero attached hydrogens (tertiary/aromatic N) is 1. The highest BCUT2D eigenvalue weighted by Gasteiger charge is 2.15. The van der Waals surface area contributed by atoms with Gasteiger partial charge in [0.1, 0.15) is 5.75 Å². The molecular formula is C16H25NO3. The van der Waals surface area contributed by atoms with Gasteiger partial charge in [-0.3, -0.25) is 9.69 Å². The highest BCUT2D eigenvalue weighted by atomic mass is 16.5. The molecule has 0 aliphatic heterocycles. The average molecular weight is 279 g/mol. The van der Waals surface area contributed by atoms with Crippen molar-refractivity contribution < 1.29 is 14.6 Å². The molecule has 112 valence electrons. The van der Waals surface area contributed by atoms with E-state index < -0.39 is 0 Å². The molecule has 1 aromatic carbocycles. The number of rotatable bonds is 9. The summed E-state index contributed by atoms with van der Waals surface area (Å²) in [5, 5.41) is 8.90. The van der Waals surface area contributed by atoms with Gasteiger partial charge in [0, 0.05) is 24.8 Å². The minimum atomic E-state index is 0.0969. The molecule has 0 heterocycles. The summed E-state index contributed by atoms with van der Waals surface area (Å²) in [6.45, 7) is 7.94. The largest absolute Gasteiger partial charge is 0.494 e. The van der Waals surface area contributed by atoms with Crippen LogP contribution in [0.5, 0.6) is 5.75 Å². The van der Waals surface area contributed by atoms with E-state index in [-0.39, 0.29) is 18.4 Å². The summed E-state index contributed by atoms with van der Waals surface area (Å²) >= 11 is 0.